The number of nitrogens with one attached hydrogen (secondary N) is 3. The Hall–Kier alpha value is -3.99. The first-order chi connectivity index (χ1) is 19.1. The predicted octanol–water partition coefficient (Wildman–Crippen LogP) is 0.756. The van der Waals surface area contributed by atoms with Crippen molar-refractivity contribution >= 4 is 23.6 Å². The minimum absolute atomic E-state index is 0.0547. The molecule has 1 aliphatic heterocycles. The van der Waals surface area contributed by atoms with Crippen LogP contribution in [-0.2, 0) is 20.8 Å². The Morgan fingerprint density at radius 1 is 1.05 bits per heavy atom. The van der Waals surface area contributed by atoms with E-state index in [-0.39, 0.29) is 23.8 Å². The van der Waals surface area contributed by atoms with Gasteiger partial charge in [-0.15, -0.1) is 0 Å². The lowest BCUT2D eigenvalue weighted by atomic mass is 9.78. The number of nitrogens with zero attached hydrogens (tertiary/aromatic N) is 2. The number of aromatic hydroxyl groups is 1. The van der Waals surface area contributed by atoms with Crippen LogP contribution < -0.4 is 16.0 Å². The van der Waals surface area contributed by atoms with Crippen molar-refractivity contribution in [3.63, 3.8) is 0 Å². The molecular weight excluding hydrogens is 514 g/mol. The molecule has 2 heterocycles. The predicted molar refractivity (Wildman–Crippen MR) is 146 cm³/mol. The molecule has 1 aromatic heterocycles. The van der Waals surface area contributed by atoms with Gasteiger partial charge in [0.05, 0.1) is 24.1 Å². The molecule has 1 aromatic carbocycles. The zero-order valence-corrected chi connectivity index (χ0v) is 22.9. The molecule has 4 amide bonds. The van der Waals surface area contributed by atoms with E-state index in [0.29, 0.717) is 0 Å². The topological polar surface area (TPSA) is 161 Å². The van der Waals surface area contributed by atoms with Crippen molar-refractivity contribution in [2.24, 2.45) is 11.8 Å². The van der Waals surface area contributed by atoms with E-state index in [2.05, 4.69) is 20.9 Å². The standard InChI is InChI=1S/C29H37N5O6/c1-16-25(36)20(15-18-9-5-4-6-10-18)32-26(37)22(33-27(38)23-21(35)13-8-14-30-23)17(2)31-28(39)24(19-11-7-12-19)34(3)29(16)40/h4-6,8-10,13-14,16-17,19-20,22,24-25,35-36H,7,11-12,15H2,1-3H3,(H,31,39)(H,32,37)(H,33,38)/t16-,17-,20+,22+,24?,25+/m1/s1. The summed E-state index contributed by atoms with van der Waals surface area (Å²) < 4.78 is 0. The molecule has 0 radical (unpaired) electrons. The van der Waals surface area contributed by atoms with Crippen LogP contribution in [0.15, 0.2) is 48.7 Å². The van der Waals surface area contributed by atoms with E-state index in [0.717, 1.165) is 24.8 Å². The Bertz CT molecular complexity index is 1240. The van der Waals surface area contributed by atoms with Crippen molar-refractivity contribution in [2.75, 3.05) is 7.05 Å². The number of likely N-dealkylation sites (N-methyl/N-ethyl adjacent to an activating group) is 1. The monoisotopic (exact) mass is 551 g/mol. The van der Waals surface area contributed by atoms with E-state index >= 15 is 0 Å². The number of carbonyl (C=O) groups is 4. The second-order valence-corrected chi connectivity index (χ2v) is 10.8. The van der Waals surface area contributed by atoms with Gasteiger partial charge in [0.15, 0.2) is 5.69 Å². The van der Waals surface area contributed by atoms with Gasteiger partial charge in [0.2, 0.25) is 17.7 Å². The highest BCUT2D eigenvalue weighted by atomic mass is 16.3. The molecule has 5 N–H and O–H groups in total. The van der Waals surface area contributed by atoms with Crippen LogP contribution in [0.25, 0.3) is 0 Å². The van der Waals surface area contributed by atoms with E-state index in [1.54, 1.807) is 20.9 Å². The third-order valence-corrected chi connectivity index (χ3v) is 8.01. The minimum Gasteiger partial charge on any atom is -0.505 e. The van der Waals surface area contributed by atoms with Gasteiger partial charge in [0, 0.05) is 13.2 Å². The van der Waals surface area contributed by atoms with Gasteiger partial charge in [-0.05, 0) is 49.8 Å². The molecule has 11 heteroatoms. The number of benzene rings is 1. The lowest BCUT2D eigenvalue weighted by Gasteiger charge is -2.41. The SMILES string of the molecule is C[C@H]1NC(=O)C(C2CCC2)N(C)C(=O)[C@H](C)[C@H](O)[C@H](Cc2ccccc2)NC(=O)[C@H]1NC(=O)c1ncccc1O. The summed E-state index contributed by atoms with van der Waals surface area (Å²) in [4.78, 5) is 59.1. The first-order valence-electron chi connectivity index (χ1n) is 13.6. The zero-order valence-electron chi connectivity index (χ0n) is 22.9. The summed E-state index contributed by atoms with van der Waals surface area (Å²) in [5.74, 6) is -3.64. The second kappa shape index (κ2) is 12.5. The molecule has 2 aliphatic rings. The highest BCUT2D eigenvalue weighted by Gasteiger charge is 2.43. The fraction of sp³-hybridized carbons (Fsp3) is 0.483. The highest BCUT2D eigenvalue weighted by molar-refractivity contribution is 5.98. The number of aliphatic hydroxyl groups is 1. The van der Waals surface area contributed by atoms with Gasteiger partial charge in [-0.3, -0.25) is 19.2 Å². The van der Waals surface area contributed by atoms with E-state index in [1.807, 2.05) is 30.3 Å². The Morgan fingerprint density at radius 3 is 2.38 bits per heavy atom. The van der Waals surface area contributed by atoms with Crippen molar-refractivity contribution < 1.29 is 29.4 Å². The largest absolute Gasteiger partial charge is 0.505 e. The summed E-state index contributed by atoms with van der Waals surface area (Å²) in [6.07, 6.45) is 2.77. The molecule has 4 rings (SSSR count). The molecule has 2 aromatic rings. The summed E-state index contributed by atoms with van der Waals surface area (Å²) in [5, 5.41) is 29.8. The Kier molecular flexibility index (Phi) is 9.03. The third-order valence-electron chi connectivity index (χ3n) is 8.01. The first-order valence-corrected chi connectivity index (χ1v) is 13.6. The molecular formula is C29H37N5O6. The molecule has 1 unspecified atom stereocenters. The van der Waals surface area contributed by atoms with Crippen molar-refractivity contribution in [2.45, 2.75) is 69.8 Å². The quantitative estimate of drug-likeness (QED) is 0.367. The van der Waals surface area contributed by atoms with Gasteiger partial charge in [0.25, 0.3) is 5.91 Å². The van der Waals surface area contributed by atoms with E-state index < -0.39 is 59.8 Å². The Labute approximate surface area is 233 Å². The van der Waals surface area contributed by atoms with Crippen LogP contribution in [0.4, 0.5) is 0 Å². The van der Waals surface area contributed by atoms with Gasteiger partial charge in [0.1, 0.15) is 17.8 Å². The van der Waals surface area contributed by atoms with E-state index in [1.165, 1.54) is 23.2 Å². The number of hydrogen-bond donors (Lipinski definition) is 5. The van der Waals surface area contributed by atoms with Gasteiger partial charge in [-0.1, -0.05) is 43.7 Å². The normalized spacial score (nSPS) is 28.4. The summed E-state index contributed by atoms with van der Waals surface area (Å²) in [6, 6.07) is 8.15. The summed E-state index contributed by atoms with van der Waals surface area (Å²) in [7, 11) is 1.57. The van der Waals surface area contributed by atoms with Gasteiger partial charge in [-0.25, -0.2) is 4.98 Å². The lowest BCUT2D eigenvalue weighted by molar-refractivity contribution is -0.149. The van der Waals surface area contributed by atoms with Crippen molar-refractivity contribution in [3.05, 3.63) is 59.9 Å². The Balaban J connectivity index is 1.70. The number of aliphatic hydroxyl groups excluding tert-OH is 1. The van der Waals surface area contributed by atoms with Crippen LogP contribution in [0.5, 0.6) is 5.75 Å². The lowest BCUT2D eigenvalue weighted by Crippen LogP contribution is -2.65. The minimum atomic E-state index is -1.28. The average Bonchev–Trinajstić information content (AvgIpc) is 2.91. The Morgan fingerprint density at radius 2 is 1.75 bits per heavy atom. The van der Waals surface area contributed by atoms with Crippen LogP contribution in [-0.4, -0.2) is 81.0 Å². The average molecular weight is 552 g/mol. The number of carbonyl (C=O) groups excluding carboxylic acids is 4. The van der Waals surface area contributed by atoms with Crippen LogP contribution in [0.2, 0.25) is 0 Å². The van der Waals surface area contributed by atoms with Crippen molar-refractivity contribution in [1.29, 1.82) is 0 Å². The molecule has 1 saturated heterocycles. The molecule has 6 atom stereocenters. The molecule has 1 saturated carbocycles. The first kappa shape index (κ1) is 29.0. The number of aromatic nitrogens is 1. The number of hydrogen-bond acceptors (Lipinski definition) is 7. The fourth-order valence-corrected chi connectivity index (χ4v) is 5.40. The second-order valence-electron chi connectivity index (χ2n) is 10.8. The molecule has 11 nitrogen and oxygen atoms in total. The van der Waals surface area contributed by atoms with Gasteiger partial charge in [-0.2, -0.15) is 0 Å². The molecule has 1 aliphatic carbocycles. The number of rotatable bonds is 5. The molecule has 214 valence electrons. The van der Waals surface area contributed by atoms with Crippen molar-refractivity contribution in [3.8, 4) is 5.75 Å². The summed E-state index contributed by atoms with van der Waals surface area (Å²) in [5.41, 5.74) is 0.562. The van der Waals surface area contributed by atoms with Gasteiger partial charge < -0.3 is 31.1 Å². The fourth-order valence-electron chi connectivity index (χ4n) is 5.40. The van der Waals surface area contributed by atoms with Crippen LogP contribution in [0.1, 0.15) is 49.2 Å². The van der Waals surface area contributed by atoms with Crippen molar-refractivity contribution in [1.82, 2.24) is 25.8 Å². The van der Waals surface area contributed by atoms with Crippen LogP contribution in [0.3, 0.4) is 0 Å². The third kappa shape index (κ3) is 6.25. The highest BCUT2D eigenvalue weighted by Crippen LogP contribution is 2.33. The number of amides is 4. The van der Waals surface area contributed by atoms with Gasteiger partial charge >= 0.3 is 0 Å². The number of pyridine rings is 1. The van der Waals surface area contributed by atoms with Crippen LogP contribution in [0, 0.1) is 11.8 Å². The van der Waals surface area contributed by atoms with Crippen LogP contribution >= 0.6 is 0 Å². The molecule has 2 fully saturated rings. The van der Waals surface area contributed by atoms with E-state index in [4.69, 9.17) is 0 Å². The molecule has 0 bridgehead atoms. The smallest absolute Gasteiger partial charge is 0.274 e. The molecule has 0 spiro atoms. The maximum Gasteiger partial charge on any atom is 0.274 e. The zero-order chi connectivity index (χ0) is 29.0. The maximum absolute atomic E-state index is 13.7. The summed E-state index contributed by atoms with van der Waals surface area (Å²) >= 11 is 0. The van der Waals surface area contributed by atoms with E-state index in [9.17, 15) is 29.4 Å². The maximum atomic E-state index is 13.7. The summed E-state index contributed by atoms with van der Waals surface area (Å²) in [6.45, 7) is 3.16. The molecule has 40 heavy (non-hydrogen) atoms.